The first-order valence-corrected chi connectivity index (χ1v) is 11.5. The second-order valence-electron chi connectivity index (χ2n) is 8.90. The van der Waals surface area contributed by atoms with Crippen molar-refractivity contribution in [2.45, 2.75) is 32.7 Å². The van der Waals surface area contributed by atoms with Crippen LogP contribution >= 0.6 is 0 Å². The van der Waals surface area contributed by atoms with Gasteiger partial charge in [-0.2, -0.15) is 0 Å². The van der Waals surface area contributed by atoms with Crippen LogP contribution in [0.15, 0.2) is 54.6 Å². The van der Waals surface area contributed by atoms with Gasteiger partial charge in [0.25, 0.3) is 5.91 Å². The number of amides is 2. The highest BCUT2D eigenvalue weighted by molar-refractivity contribution is 5.94. The van der Waals surface area contributed by atoms with Crippen LogP contribution in [0.5, 0.6) is 0 Å². The lowest BCUT2D eigenvalue weighted by Crippen LogP contribution is -2.48. The molecule has 2 saturated heterocycles. The fourth-order valence-electron chi connectivity index (χ4n) is 4.70. The molecule has 2 aliphatic heterocycles. The lowest BCUT2D eigenvalue weighted by Gasteiger charge is -2.35. The largest absolute Gasteiger partial charge is 0.343 e. The summed E-state index contributed by atoms with van der Waals surface area (Å²) in [6.45, 7) is 7.72. The first-order valence-electron chi connectivity index (χ1n) is 11.5. The zero-order chi connectivity index (χ0) is 21.6. The molecule has 0 saturated carbocycles. The van der Waals surface area contributed by atoms with E-state index in [1.54, 1.807) is 6.92 Å². The Hall–Kier alpha value is -2.66. The first kappa shape index (κ1) is 21.6. The Bertz CT molecular complexity index is 865. The fraction of sp³-hybridized carbons (Fsp3) is 0.462. The molecular formula is C26H33N3O2. The molecule has 4 rings (SSSR count). The van der Waals surface area contributed by atoms with E-state index in [-0.39, 0.29) is 11.8 Å². The van der Waals surface area contributed by atoms with Gasteiger partial charge >= 0.3 is 0 Å². The number of hydrogen-bond acceptors (Lipinski definition) is 3. The number of likely N-dealkylation sites (tertiary alicyclic amines) is 1. The van der Waals surface area contributed by atoms with E-state index in [0.29, 0.717) is 5.92 Å². The normalized spacial score (nSPS) is 18.2. The number of hydrogen-bond donors (Lipinski definition) is 0. The van der Waals surface area contributed by atoms with Crippen molar-refractivity contribution >= 4 is 11.8 Å². The van der Waals surface area contributed by atoms with Gasteiger partial charge in [-0.3, -0.25) is 14.5 Å². The predicted octanol–water partition coefficient (Wildman–Crippen LogP) is 3.45. The SMILES string of the molecule is CC(=O)N1CCC(Cc2ccc(C(=O)N3CCN(Cc4ccccc4)CC3)cc2)CC1. The Kier molecular flexibility index (Phi) is 7.03. The first-order chi connectivity index (χ1) is 15.1. The van der Waals surface area contributed by atoms with Gasteiger partial charge in [-0.05, 0) is 48.4 Å². The van der Waals surface area contributed by atoms with Crippen molar-refractivity contribution in [3.05, 3.63) is 71.3 Å². The molecule has 0 radical (unpaired) electrons. The minimum atomic E-state index is 0.140. The van der Waals surface area contributed by atoms with Gasteiger partial charge in [0.2, 0.25) is 5.91 Å². The molecule has 0 atom stereocenters. The number of piperazine rings is 1. The lowest BCUT2D eigenvalue weighted by atomic mass is 9.90. The number of piperidine rings is 1. The molecule has 2 aromatic rings. The van der Waals surface area contributed by atoms with Crippen molar-refractivity contribution in [2.24, 2.45) is 5.92 Å². The lowest BCUT2D eigenvalue weighted by molar-refractivity contribution is -0.130. The van der Waals surface area contributed by atoms with Crippen LogP contribution in [0.25, 0.3) is 0 Å². The Morgan fingerprint density at radius 3 is 2.03 bits per heavy atom. The Morgan fingerprint density at radius 2 is 1.42 bits per heavy atom. The minimum Gasteiger partial charge on any atom is -0.343 e. The maximum atomic E-state index is 12.9. The standard InChI is InChI=1S/C26H33N3O2/c1-21(30)28-13-11-23(12-14-28)19-22-7-9-25(10-8-22)26(31)29-17-15-27(16-18-29)20-24-5-3-2-4-6-24/h2-10,23H,11-20H2,1H3. The van der Waals surface area contributed by atoms with Gasteiger partial charge in [0.1, 0.15) is 0 Å². The van der Waals surface area contributed by atoms with E-state index < -0.39 is 0 Å². The summed E-state index contributed by atoms with van der Waals surface area (Å²) >= 11 is 0. The average molecular weight is 420 g/mol. The summed E-state index contributed by atoms with van der Waals surface area (Å²) in [5, 5.41) is 0. The molecule has 31 heavy (non-hydrogen) atoms. The molecule has 5 heteroatoms. The van der Waals surface area contributed by atoms with Crippen LogP contribution < -0.4 is 0 Å². The van der Waals surface area contributed by atoms with E-state index in [1.165, 1.54) is 11.1 Å². The third-order valence-electron chi connectivity index (χ3n) is 6.69. The van der Waals surface area contributed by atoms with Crippen LogP contribution in [-0.2, 0) is 17.8 Å². The molecule has 0 bridgehead atoms. The zero-order valence-corrected chi connectivity index (χ0v) is 18.5. The third kappa shape index (κ3) is 5.73. The van der Waals surface area contributed by atoms with E-state index in [4.69, 9.17) is 0 Å². The van der Waals surface area contributed by atoms with Crippen LogP contribution in [0.1, 0.15) is 41.3 Å². The second kappa shape index (κ2) is 10.1. The molecule has 0 N–H and O–H groups in total. The highest BCUT2D eigenvalue weighted by Crippen LogP contribution is 2.22. The van der Waals surface area contributed by atoms with E-state index in [1.807, 2.05) is 28.0 Å². The quantitative estimate of drug-likeness (QED) is 0.746. The number of carbonyl (C=O) groups is 2. The Labute approximate surface area is 185 Å². The monoisotopic (exact) mass is 419 g/mol. The molecule has 0 unspecified atom stereocenters. The highest BCUT2D eigenvalue weighted by Gasteiger charge is 2.23. The molecule has 2 amide bonds. The summed E-state index contributed by atoms with van der Waals surface area (Å²) < 4.78 is 0. The van der Waals surface area contributed by atoms with E-state index in [9.17, 15) is 9.59 Å². The van der Waals surface area contributed by atoms with Crippen molar-refractivity contribution in [1.29, 1.82) is 0 Å². The van der Waals surface area contributed by atoms with Gasteiger partial charge < -0.3 is 9.80 Å². The fourth-order valence-corrected chi connectivity index (χ4v) is 4.70. The van der Waals surface area contributed by atoms with Gasteiger partial charge in [0.15, 0.2) is 0 Å². The smallest absolute Gasteiger partial charge is 0.253 e. The maximum absolute atomic E-state index is 12.9. The van der Waals surface area contributed by atoms with Crippen molar-refractivity contribution in [3.8, 4) is 0 Å². The maximum Gasteiger partial charge on any atom is 0.253 e. The highest BCUT2D eigenvalue weighted by atomic mass is 16.2. The van der Waals surface area contributed by atoms with Crippen molar-refractivity contribution in [1.82, 2.24) is 14.7 Å². The number of carbonyl (C=O) groups excluding carboxylic acids is 2. The number of benzene rings is 2. The summed E-state index contributed by atoms with van der Waals surface area (Å²) in [6.07, 6.45) is 3.15. The molecule has 0 aromatic heterocycles. The molecule has 164 valence electrons. The molecular weight excluding hydrogens is 386 g/mol. The van der Waals surface area contributed by atoms with Crippen LogP contribution in [0.2, 0.25) is 0 Å². The molecule has 5 nitrogen and oxygen atoms in total. The van der Waals surface area contributed by atoms with Crippen LogP contribution in [0, 0.1) is 5.92 Å². The third-order valence-corrected chi connectivity index (χ3v) is 6.69. The van der Waals surface area contributed by atoms with Crippen LogP contribution in [0.3, 0.4) is 0 Å². The van der Waals surface area contributed by atoms with Gasteiger partial charge in [-0.1, -0.05) is 42.5 Å². The van der Waals surface area contributed by atoms with Crippen LogP contribution in [-0.4, -0.2) is 65.8 Å². The van der Waals surface area contributed by atoms with Gasteiger partial charge in [0, 0.05) is 58.3 Å². The van der Waals surface area contributed by atoms with Gasteiger partial charge in [0.05, 0.1) is 0 Å². The molecule has 2 aromatic carbocycles. The Balaban J connectivity index is 1.25. The van der Waals surface area contributed by atoms with Crippen molar-refractivity contribution < 1.29 is 9.59 Å². The molecule has 0 spiro atoms. The Morgan fingerprint density at radius 1 is 0.774 bits per heavy atom. The van der Waals surface area contributed by atoms with E-state index in [0.717, 1.165) is 70.6 Å². The summed E-state index contributed by atoms with van der Waals surface area (Å²) in [7, 11) is 0. The second-order valence-corrected chi connectivity index (χ2v) is 8.90. The molecule has 2 aliphatic rings. The summed E-state index contributed by atoms with van der Waals surface area (Å²) in [6, 6.07) is 18.7. The minimum absolute atomic E-state index is 0.140. The van der Waals surface area contributed by atoms with E-state index in [2.05, 4.69) is 41.3 Å². The number of rotatable bonds is 5. The predicted molar refractivity (Wildman–Crippen MR) is 123 cm³/mol. The van der Waals surface area contributed by atoms with Gasteiger partial charge in [-0.25, -0.2) is 0 Å². The molecule has 0 aliphatic carbocycles. The number of nitrogens with zero attached hydrogens (tertiary/aromatic N) is 3. The summed E-state index contributed by atoms with van der Waals surface area (Å²) in [5.41, 5.74) is 3.39. The topological polar surface area (TPSA) is 43.9 Å². The summed E-state index contributed by atoms with van der Waals surface area (Å²) in [5.74, 6) is 0.942. The average Bonchev–Trinajstić information content (AvgIpc) is 2.81. The van der Waals surface area contributed by atoms with Crippen molar-refractivity contribution in [3.63, 3.8) is 0 Å². The molecule has 2 fully saturated rings. The summed E-state index contributed by atoms with van der Waals surface area (Å²) in [4.78, 5) is 30.8. The van der Waals surface area contributed by atoms with Crippen LogP contribution in [0.4, 0.5) is 0 Å². The zero-order valence-electron chi connectivity index (χ0n) is 18.5. The molecule has 2 heterocycles. The van der Waals surface area contributed by atoms with E-state index >= 15 is 0 Å². The van der Waals surface area contributed by atoms with Crippen molar-refractivity contribution in [2.75, 3.05) is 39.3 Å². The van der Waals surface area contributed by atoms with Gasteiger partial charge in [-0.15, -0.1) is 0 Å².